The fourth-order valence-electron chi connectivity index (χ4n) is 4.00. The van der Waals surface area contributed by atoms with E-state index in [-0.39, 0.29) is 5.54 Å². The Hall–Kier alpha value is -3.21. The Balaban J connectivity index is 1.83. The second-order valence-electron chi connectivity index (χ2n) is 8.33. The number of nitrogens with zero attached hydrogens (tertiary/aromatic N) is 4. The molecule has 0 amide bonds. The maximum Gasteiger partial charge on any atom is 0.154 e. The molecule has 0 fully saturated rings. The molecule has 0 aliphatic carbocycles. The third-order valence-corrected chi connectivity index (χ3v) is 5.08. The lowest BCUT2D eigenvalue weighted by atomic mass is 10.1. The lowest BCUT2D eigenvalue weighted by Gasteiger charge is -2.25. The van der Waals surface area contributed by atoms with Crippen molar-refractivity contribution >= 4 is 33.1 Å². The number of rotatable bonds is 1. The minimum absolute atomic E-state index is 0.158. The number of aryl methyl sites for hydroxylation is 2. The van der Waals surface area contributed by atoms with Crippen LogP contribution in [-0.2, 0) is 5.54 Å². The van der Waals surface area contributed by atoms with E-state index in [1.165, 1.54) is 0 Å². The van der Waals surface area contributed by atoms with Gasteiger partial charge in [-0.3, -0.25) is 9.97 Å². The van der Waals surface area contributed by atoms with E-state index in [0.29, 0.717) is 0 Å². The van der Waals surface area contributed by atoms with Crippen molar-refractivity contribution in [3.05, 3.63) is 54.0 Å². The van der Waals surface area contributed by atoms with Crippen molar-refractivity contribution in [1.29, 1.82) is 0 Å². The summed E-state index contributed by atoms with van der Waals surface area (Å²) >= 11 is 0. The van der Waals surface area contributed by atoms with Crippen molar-refractivity contribution in [2.24, 2.45) is 0 Å². The Kier molecular flexibility index (Phi) is 3.41. The van der Waals surface area contributed by atoms with Crippen LogP contribution < -0.4 is 0 Å². The van der Waals surface area contributed by atoms with Crippen molar-refractivity contribution in [1.82, 2.24) is 19.5 Å². The van der Waals surface area contributed by atoms with Gasteiger partial charge in [-0.2, -0.15) is 0 Å². The standard InChI is InChI=1S/C23H22N4O/c1-13-10-17-21(14(2)25-13)27(23(3,4)5)22(26-17)15-11-19-20(24-12-15)16-8-6-7-9-18(16)28-19/h6-12H,1-5H3. The predicted octanol–water partition coefficient (Wildman–Crippen LogP) is 5.76. The van der Waals surface area contributed by atoms with E-state index in [0.717, 1.165) is 55.9 Å². The highest BCUT2D eigenvalue weighted by molar-refractivity contribution is 6.03. The summed E-state index contributed by atoms with van der Waals surface area (Å²) in [6.45, 7) is 10.6. The van der Waals surface area contributed by atoms with Crippen molar-refractivity contribution in [3.63, 3.8) is 0 Å². The monoisotopic (exact) mass is 370 g/mol. The highest BCUT2D eigenvalue weighted by Crippen LogP contribution is 2.35. The minimum Gasteiger partial charge on any atom is -0.454 e. The summed E-state index contributed by atoms with van der Waals surface area (Å²) in [4.78, 5) is 14.4. The molecule has 0 spiro atoms. The molecule has 0 saturated carbocycles. The van der Waals surface area contributed by atoms with Crippen molar-refractivity contribution in [3.8, 4) is 11.4 Å². The first kappa shape index (κ1) is 16.9. The van der Waals surface area contributed by atoms with Gasteiger partial charge < -0.3 is 8.98 Å². The molecule has 4 aromatic heterocycles. The molecule has 0 unspecified atom stereocenters. The molecular weight excluding hydrogens is 348 g/mol. The van der Waals surface area contributed by atoms with Crippen LogP contribution in [0.15, 0.2) is 47.0 Å². The Morgan fingerprint density at radius 2 is 1.75 bits per heavy atom. The normalized spacial score (nSPS) is 12.5. The maximum absolute atomic E-state index is 6.05. The number of aromatic nitrogens is 4. The predicted molar refractivity (Wildman–Crippen MR) is 113 cm³/mol. The van der Waals surface area contributed by atoms with Gasteiger partial charge in [0, 0.05) is 28.4 Å². The quantitative estimate of drug-likeness (QED) is 0.376. The van der Waals surface area contributed by atoms with Crippen LogP contribution in [0.4, 0.5) is 0 Å². The molecule has 0 atom stereocenters. The fourth-order valence-corrected chi connectivity index (χ4v) is 4.00. The first-order valence-electron chi connectivity index (χ1n) is 9.48. The molecular formula is C23H22N4O. The summed E-state index contributed by atoms with van der Waals surface area (Å²) < 4.78 is 8.30. The molecule has 28 heavy (non-hydrogen) atoms. The zero-order valence-electron chi connectivity index (χ0n) is 16.7. The van der Waals surface area contributed by atoms with E-state index < -0.39 is 0 Å². The zero-order valence-corrected chi connectivity index (χ0v) is 16.7. The highest BCUT2D eigenvalue weighted by Gasteiger charge is 2.25. The number of para-hydroxylation sites is 1. The number of hydrogen-bond donors (Lipinski definition) is 0. The Bertz CT molecular complexity index is 1370. The molecule has 0 aliphatic rings. The topological polar surface area (TPSA) is 56.7 Å². The maximum atomic E-state index is 6.05. The summed E-state index contributed by atoms with van der Waals surface area (Å²) in [7, 11) is 0. The van der Waals surface area contributed by atoms with Crippen molar-refractivity contribution in [2.75, 3.05) is 0 Å². The number of pyridine rings is 2. The van der Waals surface area contributed by atoms with E-state index >= 15 is 0 Å². The number of fused-ring (bicyclic) bond motifs is 4. The van der Waals surface area contributed by atoms with Gasteiger partial charge in [0.15, 0.2) is 5.58 Å². The molecule has 0 aliphatic heterocycles. The third-order valence-electron chi connectivity index (χ3n) is 5.08. The van der Waals surface area contributed by atoms with E-state index in [2.05, 4.69) is 30.3 Å². The molecule has 5 heteroatoms. The van der Waals surface area contributed by atoms with Crippen LogP contribution in [0, 0.1) is 13.8 Å². The van der Waals surface area contributed by atoms with Crippen molar-refractivity contribution < 1.29 is 4.42 Å². The summed E-state index contributed by atoms with van der Waals surface area (Å²) in [5, 5.41) is 1.03. The van der Waals surface area contributed by atoms with E-state index in [1.54, 1.807) is 0 Å². The molecule has 0 saturated heterocycles. The summed E-state index contributed by atoms with van der Waals surface area (Å²) in [6, 6.07) is 12.1. The zero-order chi connectivity index (χ0) is 19.6. The van der Waals surface area contributed by atoms with Crippen LogP contribution in [-0.4, -0.2) is 19.5 Å². The molecule has 140 valence electrons. The Morgan fingerprint density at radius 3 is 2.54 bits per heavy atom. The van der Waals surface area contributed by atoms with Gasteiger partial charge in [0.2, 0.25) is 0 Å². The fraction of sp³-hybridized carbons (Fsp3) is 0.261. The van der Waals surface area contributed by atoms with Crippen LogP contribution in [0.2, 0.25) is 0 Å². The minimum atomic E-state index is -0.158. The number of imidazole rings is 1. The van der Waals surface area contributed by atoms with Crippen LogP contribution >= 0.6 is 0 Å². The molecule has 4 heterocycles. The lowest BCUT2D eigenvalue weighted by molar-refractivity contribution is 0.412. The highest BCUT2D eigenvalue weighted by atomic mass is 16.3. The average Bonchev–Trinajstić information content (AvgIpc) is 3.19. The van der Waals surface area contributed by atoms with Gasteiger partial charge in [-0.25, -0.2) is 4.98 Å². The number of hydrogen-bond acceptors (Lipinski definition) is 4. The molecule has 1 aromatic carbocycles. The van der Waals surface area contributed by atoms with Gasteiger partial charge >= 0.3 is 0 Å². The summed E-state index contributed by atoms with van der Waals surface area (Å²) in [6.07, 6.45) is 1.89. The van der Waals surface area contributed by atoms with Gasteiger partial charge in [0.05, 0.1) is 16.7 Å². The van der Waals surface area contributed by atoms with Gasteiger partial charge in [-0.15, -0.1) is 0 Å². The first-order chi connectivity index (χ1) is 13.3. The smallest absolute Gasteiger partial charge is 0.154 e. The second kappa shape index (κ2) is 5.64. The molecule has 0 radical (unpaired) electrons. The lowest BCUT2D eigenvalue weighted by Crippen LogP contribution is -2.23. The molecule has 5 nitrogen and oxygen atoms in total. The molecule has 5 rings (SSSR count). The summed E-state index contributed by atoms with van der Waals surface area (Å²) in [5.41, 5.74) is 7.27. The van der Waals surface area contributed by atoms with Crippen LogP contribution in [0.5, 0.6) is 0 Å². The van der Waals surface area contributed by atoms with E-state index in [4.69, 9.17) is 14.4 Å². The van der Waals surface area contributed by atoms with Gasteiger partial charge in [0.1, 0.15) is 16.9 Å². The third kappa shape index (κ3) is 2.43. The number of furan rings is 1. The van der Waals surface area contributed by atoms with E-state index in [9.17, 15) is 0 Å². The van der Waals surface area contributed by atoms with E-state index in [1.807, 2.05) is 56.4 Å². The van der Waals surface area contributed by atoms with Crippen LogP contribution in [0.1, 0.15) is 32.2 Å². The van der Waals surface area contributed by atoms with Gasteiger partial charge in [-0.05, 0) is 58.9 Å². The Labute approximate surface area is 163 Å². The SMILES string of the molecule is Cc1cc2nc(-c3cnc4c(c3)oc3ccccc34)n(C(C)(C)C)c2c(C)n1. The second-order valence-corrected chi connectivity index (χ2v) is 8.33. The average molecular weight is 370 g/mol. The molecule has 0 bridgehead atoms. The number of benzene rings is 1. The molecule has 0 N–H and O–H groups in total. The van der Waals surface area contributed by atoms with Gasteiger partial charge in [-0.1, -0.05) is 12.1 Å². The van der Waals surface area contributed by atoms with Crippen LogP contribution in [0.3, 0.4) is 0 Å². The largest absolute Gasteiger partial charge is 0.454 e. The summed E-state index contributed by atoms with van der Waals surface area (Å²) in [5.74, 6) is 0.882. The Morgan fingerprint density at radius 1 is 0.964 bits per heavy atom. The first-order valence-corrected chi connectivity index (χ1v) is 9.48. The molecule has 5 aromatic rings. The van der Waals surface area contributed by atoms with Crippen molar-refractivity contribution in [2.45, 2.75) is 40.2 Å². The van der Waals surface area contributed by atoms with Gasteiger partial charge in [0.25, 0.3) is 0 Å². The van der Waals surface area contributed by atoms with Crippen LogP contribution in [0.25, 0.3) is 44.5 Å².